The predicted octanol–water partition coefficient (Wildman–Crippen LogP) is 3.41. The van der Waals surface area contributed by atoms with Crippen molar-refractivity contribution in [2.75, 3.05) is 5.01 Å². The average molecular weight is 304 g/mol. The molecule has 0 bridgehead atoms. The molecule has 1 saturated heterocycles. The summed E-state index contributed by atoms with van der Waals surface area (Å²) in [6, 6.07) is 17.7. The lowest BCUT2D eigenvalue weighted by Gasteiger charge is -2.26. The van der Waals surface area contributed by atoms with E-state index in [1.165, 1.54) is 0 Å². The molecule has 0 aliphatic carbocycles. The molecule has 3 nitrogen and oxygen atoms in total. The van der Waals surface area contributed by atoms with E-state index in [0.29, 0.717) is 10.1 Å². The monoisotopic (exact) mass is 303 g/mol. The van der Waals surface area contributed by atoms with E-state index in [1.54, 1.807) is 0 Å². The Balaban J connectivity index is 1.90. The smallest absolute Gasteiger partial charge is 0.190 e. The zero-order chi connectivity index (χ0) is 14.2. The standard InChI is InChI=1S/C15H14ClN3S/c1-15(11-5-3-2-4-6-11)17-14(20)19(18-15)13-9-7-12(16)8-10-13/h2-10,18H,1H3,(H,17,20)/t15-/m1/s1. The second-order valence-corrected chi connectivity index (χ2v) is 5.67. The summed E-state index contributed by atoms with van der Waals surface area (Å²) in [7, 11) is 0. The summed E-state index contributed by atoms with van der Waals surface area (Å²) in [5.41, 5.74) is 5.06. The maximum Gasteiger partial charge on any atom is 0.190 e. The van der Waals surface area contributed by atoms with E-state index in [9.17, 15) is 0 Å². The first-order chi connectivity index (χ1) is 9.58. The number of nitrogens with one attached hydrogen (secondary N) is 2. The van der Waals surface area contributed by atoms with Gasteiger partial charge in [-0.25, -0.2) is 5.01 Å². The van der Waals surface area contributed by atoms with Crippen molar-refractivity contribution in [3.63, 3.8) is 0 Å². The van der Waals surface area contributed by atoms with Crippen molar-refractivity contribution in [1.29, 1.82) is 0 Å². The molecule has 0 spiro atoms. The van der Waals surface area contributed by atoms with E-state index in [2.05, 4.69) is 29.8 Å². The highest BCUT2D eigenvalue weighted by Crippen LogP contribution is 2.27. The number of hydrogen-bond donors (Lipinski definition) is 2. The normalized spacial score (nSPS) is 21.9. The van der Waals surface area contributed by atoms with E-state index >= 15 is 0 Å². The highest BCUT2D eigenvalue weighted by molar-refractivity contribution is 7.80. The molecule has 102 valence electrons. The third kappa shape index (κ3) is 2.38. The van der Waals surface area contributed by atoms with E-state index in [4.69, 9.17) is 23.8 Å². The number of rotatable bonds is 2. The average Bonchev–Trinajstić information content (AvgIpc) is 2.77. The van der Waals surface area contributed by atoms with E-state index < -0.39 is 5.66 Å². The molecule has 2 aromatic carbocycles. The van der Waals surface area contributed by atoms with Crippen LogP contribution in [0.4, 0.5) is 5.69 Å². The van der Waals surface area contributed by atoms with Gasteiger partial charge in [0.2, 0.25) is 0 Å². The molecule has 2 N–H and O–H groups in total. The van der Waals surface area contributed by atoms with Gasteiger partial charge in [0.1, 0.15) is 5.66 Å². The molecule has 1 aliphatic rings. The lowest BCUT2D eigenvalue weighted by molar-refractivity contribution is 0.390. The minimum absolute atomic E-state index is 0.419. The minimum atomic E-state index is -0.419. The summed E-state index contributed by atoms with van der Waals surface area (Å²) < 4.78 is 0. The Kier molecular flexibility index (Phi) is 3.38. The molecule has 0 amide bonds. The van der Waals surface area contributed by atoms with Crippen molar-refractivity contribution in [3.8, 4) is 0 Å². The van der Waals surface area contributed by atoms with Crippen molar-refractivity contribution < 1.29 is 0 Å². The molecular formula is C15H14ClN3S. The number of hydrogen-bond acceptors (Lipinski definition) is 2. The van der Waals surface area contributed by atoms with Crippen molar-refractivity contribution in [2.45, 2.75) is 12.6 Å². The van der Waals surface area contributed by atoms with Gasteiger partial charge in [0.05, 0.1) is 5.69 Å². The van der Waals surface area contributed by atoms with Gasteiger partial charge in [-0.3, -0.25) is 0 Å². The van der Waals surface area contributed by atoms with Crippen molar-refractivity contribution in [3.05, 3.63) is 65.2 Å². The Morgan fingerprint density at radius 2 is 1.70 bits per heavy atom. The van der Waals surface area contributed by atoms with Crippen LogP contribution in [-0.4, -0.2) is 5.11 Å². The maximum absolute atomic E-state index is 5.92. The van der Waals surface area contributed by atoms with Gasteiger partial charge in [-0.1, -0.05) is 41.9 Å². The molecule has 5 heteroatoms. The second kappa shape index (κ2) is 5.05. The lowest BCUT2D eigenvalue weighted by atomic mass is 10.0. The highest BCUT2D eigenvalue weighted by atomic mass is 35.5. The zero-order valence-corrected chi connectivity index (χ0v) is 12.5. The molecule has 0 unspecified atom stereocenters. The second-order valence-electron chi connectivity index (χ2n) is 4.84. The van der Waals surface area contributed by atoms with E-state index in [1.807, 2.05) is 47.5 Å². The first kappa shape index (κ1) is 13.4. The van der Waals surface area contributed by atoms with E-state index in [0.717, 1.165) is 11.3 Å². The van der Waals surface area contributed by atoms with Crippen LogP contribution in [0.5, 0.6) is 0 Å². The van der Waals surface area contributed by atoms with Crippen LogP contribution in [0.25, 0.3) is 0 Å². The number of anilines is 1. The number of nitrogens with zero attached hydrogens (tertiary/aromatic N) is 1. The topological polar surface area (TPSA) is 27.3 Å². The number of benzene rings is 2. The first-order valence-corrected chi connectivity index (χ1v) is 7.08. The Bertz CT molecular complexity index is 629. The molecule has 20 heavy (non-hydrogen) atoms. The van der Waals surface area contributed by atoms with Crippen LogP contribution < -0.4 is 15.8 Å². The van der Waals surface area contributed by atoms with Gasteiger partial charge < -0.3 is 5.32 Å². The third-order valence-corrected chi connectivity index (χ3v) is 3.87. The summed E-state index contributed by atoms with van der Waals surface area (Å²) in [5, 5.41) is 6.53. The molecule has 1 fully saturated rings. The third-order valence-electron chi connectivity index (χ3n) is 3.33. The Labute approximate surface area is 128 Å². The lowest BCUT2D eigenvalue weighted by Crippen LogP contribution is -2.45. The highest BCUT2D eigenvalue weighted by Gasteiger charge is 2.37. The van der Waals surface area contributed by atoms with Crippen LogP contribution in [0, 0.1) is 0 Å². The Morgan fingerprint density at radius 1 is 1.05 bits per heavy atom. The summed E-state index contributed by atoms with van der Waals surface area (Å²) in [5.74, 6) is 0. The van der Waals surface area contributed by atoms with Crippen LogP contribution in [0.15, 0.2) is 54.6 Å². The number of hydrazine groups is 1. The van der Waals surface area contributed by atoms with Crippen molar-refractivity contribution in [2.24, 2.45) is 0 Å². The van der Waals surface area contributed by atoms with Gasteiger partial charge in [-0.05, 0) is 49.0 Å². The van der Waals surface area contributed by atoms with Gasteiger partial charge in [0.15, 0.2) is 5.11 Å². The first-order valence-electron chi connectivity index (χ1n) is 6.30. The summed E-state index contributed by atoms with van der Waals surface area (Å²) in [6.07, 6.45) is 0. The Morgan fingerprint density at radius 3 is 2.35 bits per heavy atom. The molecule has 1 atom stereocenters. The van der Waals surface area contributed by atoms with E-state index in [-0.39, 0.29) is 0 Å². The summed E-state index contributed by atoms with van der Waals surface area (Å²) in [4.78, 5) is 0. The molecule has 0 aromatic heterocycles. The predicted molar refractivity (Wildman–Crippen MR) is 86.6 cm³/mol. The SMILES string of the molecule is C[C@@]1(c2ccccc2)NC(=S)N(c2ccc(Cl)cc2)N1. The van der Waals surface area contributed by atoms with Crippen LogP contribution in [0.2, 0.25) is 5.02 Å². The summed E-state index contributed by atoms with van der Waals surface area (Å²) >= 11 is 11.3. The molecule has 3 rings (SSSR count). The van der Waals surface area contributed by atoms with Gasteiger partial charge in [0, 0.05) is 5.02 Å². The Hall–Kier alpha value is -1.62. The fraction of sp³-hybridized carbons (Fsp3) is 0.133. The molecule has 2 aromatic rings. The molecule has 1 aliphatic heterocycles. The fourth-order valence-corrected chi connectivity index (χ4v) is 2.73. The fourth-order valence-electron chi connectivity index (χ4n) is 2.25. The van der Waals surface area contributed by atoms with Crippen molar-refractivity contribution >= 4 is 34.6 Å². The van der Waals surface area contributed by atoms with Crippen LogP contribution in [0.3, 0.4) is 0 Å². The van der Waals surface area contributed by atoms with Gasteiger partial charge >= 0.3 is 0 Å². The maximum atomic E-state index is 5.92. The quantitative estimate of drug-likeness (QED) is 0.832. The molecule has 0 saturated carbocycles. The summed E-state index contributed by atoms with van der Waals surface area (Å²) in [6.45, 7) is 2.06. The zero-order valence-electron chi connectivity index (χ0n) is 10.9. The minimum Gasteiger partial charge on any atom is -0.338 e. The number of thiocarbonyl (C=S) groups is 1. The molecule has 1 heterocycles. The van der Waals surface area contributed by atoms with Crippen LogP contribution in [0.1, 0.15) is 12.5 Å². The largest absolute Gasteiger partial charge is 0.338 e. The number of halogens is 1. The van der Waals surface area contributed by atoms with Crippen molar-refractivity contribution in [1.82, 2.24) is 10.7 Å². The van der Waals surface area contributed by atoms with Crippen LogP contribution >= 0.6 is 23.8 Å². The van der Waals surface area contributed by atoms with Gasteiger partial charge in [-0.2, -0.15) is 5.43 Å². The molecule has 0 radical (unpaired) electrons. The molecular weight excluding hydrogens is 290 g/mol. The van der Waals surface area contributed by atoms with Gasteiger partial charge in [-0.15, -0.1) is 0 Å². The van der Waals surface area contributed by atoms with Crippen LogP contribution in [-0.2, 0) is 5.66 Å². The van der Waals surface area contributed by atoms with Gasteiger partial charge in [0.25, 0.3) is 0 Å².